The third kappa shape index (κ3) is 3.77. The van der Waals surface area contributed by atoms with E-state index in [4.69, 9.17) is 5.11 Å². The highest BCUT2D eigenvalue weighted by molar-refractivity contribution is 7.99. The molecule has 0 aliphatic rings. The molecule has 88 valence electrons. The van der Waals surface area contributed by atoms with Crippen LogP contribution in [-0.2, 0) is 0 Å². The Labute approximate surface area is 100 Å². The van der Waals surface area contributed by atoms with Crippen LogP contribution in [-0.4, -0.2) is 28.6 Å². The number of anilines is 1. The molecule has 3 nitrogen and oxygen atoms in total. The smallest absolute Gasteiger partial charge is 0.337 e. The molecule has 0 fully saturated rings. The molecule has 0 aliphatic heterocycles. The topological polar surface area (TPSA) is 49.3 Å². The summed E-state index contributed by atoms with van der Waals surface area (Å²) in [6.45, 7) is 4.17. The van der Waals surface area contributed by atoms with Gasteiger partial charge in [0.05, 0.1) is 5.56 Å². The summed E-state index contributed by atoms with van der Waals surface area (Å²) < 4.78 is 0. The van der Waals surface area contributed by atoms with Crippen molar-refractivity contribution >= 4 is 23.4 Å². The second-order valence-electron chi connectivity index (χ2n) is 3.56. The molecule has 2 N–H and O–H groups in total. The van der Waals surface area contributed by atoms with Crippen LogP contribution >= 0.6 is 11.8 Å². The molecule has 1 atom stereocenters. The summed E-state index contributed by atoms with van der Waals surface area (Å²) in [5, 5.41) is 12.2. The van der Waals surface area contributed by atoms with Crippen LogP contribution in [0, 0.1) is 0 Å². The zero-order chi connectivity index (χ0) is 12.0. The highest BCUT2D eigenvalue weighted by Gasteiger charge is 2.10. The van der Waals surface area contributed by atoms with Crippen molar-refractivity contribution in [1.29, 1.82) is 0 Å². The molecule has 0 saturated heterocycles. The summed E-state index contributed by atoms with van der Waals surface area (Å²) in [6, 6.07) is 7.26. The van der Waals surface area contributed by atoms with Gasteiger partial charge in [0, 0.05) is 17.5 Å². The maximum absolute atomic E-state index is 11.0. The summed E-state index contributed by atoms with van der Waals surface area (Å²) in [6.07, 6.45) is 0. The number of nitrogens with one attached hydrogen (secondary N) is 1. The van der Waals surface area contributed by atoms with Gasteiger partial charge in [0.1, 0.15) is 0 Å². The van der Waals surface area contributed by atoms with Crippen LogP contribution < -0.4 is 5.32 Å². The van der Waals surface area contributed by atoms with Crippen molar-refractivity contribution in [3.63, 3.8) is 0 Å². The van der Waals surface area contributed by atoms with Gasteiger partial charge < -0.3 is 10.4 Å². The standard InChI is InChI=1S/C12H17NO2S/c1-3-16-8-9(2)13-11-7-5-4-6-10(11)12(14)15/h4-7,9,13H,3,8H2,1-2H3,(H,14,15). The van der Waals surface area contributed by atoms with E-state index in [0.717, 1.165) is 11.5 Å². The fourth-order valence-electron chi connectivity index (χ4n) is 1.40. The molecule has 0 amide bonds. The number of hydrogen-bond acceptors (Lipinski definition) is 3. The van der Waals surface area contributed by atoms with Crippen molar-refractivity contribution in [2.45, 2.75) is 19.9 Å². The van der Waals surface area contributed by atoms with Crippen LogP contribution in [0.2, 0.25) is 0 Å². The highest BCUT2D eigenvalue weighted by atomic mass is 32.2. The number of carbonyl (C=O) groups is 1. The fourth-order valence-corrected chi connectivity index (χ4v) is 2.07. The van der Waals surface area contributed by atoms with Crippen LogP contribution in [0.5, 0.6) is 0 Å². The third-order valence-corrected chi connectivity index (χ3v) is 3.28. The maximum Gasteiger partial charge on any atom is 0.337 e. The van der Waals surface area contributed by atoms with E-state index in [1.807, 2.05) is 17.8 Å². The third-order valence-electron chi connectivity index (χ3n) is 2.13. The van der Waals surface area contributed by atoms with Crippen LogP contribution in [0.15, 0.2) is 24.3 Å². The minimum atomic E-state index is -0.890. The number of aromatic carboxylic acids is 1. The molecule has 0 saturated carbocycles. The molecule has 1 rings (SSSR count). The van der Waals surface area contributed by atoms with Gasteiger partial charge in [0.15, 0.2) is 0 Å². The van der Waals surface area contributed by atoms with Crippen LogP contribution in [0.25, 0.3) is 0 Å². The van der Waals surface area contributed by atoms with E-state index in [2.05, 4.69) is 19.2 Å². The fraction of sp³-hybridized carbons (Fsp3) is 0.417. The normalized spacial score (nSPS) is 12.1. The van der Waals surface area contributed by atoms with E-state index < -0.39 is 5.97 Å². The molecule has 0 heterocycles. The van der Waals surface area contributed by atoms with E-state index in [0.29, 0.717) is 11.3 Å². The van der Waals surface area contributed by atoms with Crippen molar-refractivity contribution in [2.75, 3.05) is 16.8 Å². The van der Waals surface area contributed by atoms with Crippen molar-refractivity contribution in [3.8, 4) is 0 Å². The van der Waals surface area contributed by atoms with Crippen molar-refractivity contribution in [3.05, 3.63) is 29.8 Å². The first kappa shape index (κ1) is 12.9. The number of benzene rings is 1. The van der Waals surface area contributed by atoms with Crippen molar-refractivity contribution in [2.24, 2.45) is 0 Å². The highest BCUT2D eigenvalue weighted by Crippen LogP contribution is 2.17. The predicted octanol–water partition coefficient (Wildman–Crippen LogP) is 2.94. The second-order valence-corrected chi connectivity index (χ2v) is 4.87. The van der Waals surface area contributed by atoms with Crippen LogP contribution in [0.1, 0.15) is 24.2 Å². The van der Waals surface area contributed by atoms with Gasteiger partial charge in [0.2, 0.25) is 0 Å². The molecule has 16 heavy (non-hydrogen) atoms. The average molecular weight is 239 g/mol. The molecule has 0 aliphatic carbocycles. The van der Waals surface area contributed by atoms with E-state index in [-0.39, 0.29) is 6.04 Å². The molecule has 0 bridgehead atoms. The number of rotatable bonds is 6. The number of para-hydroxylation sites is 1. The molecule has 1 aromatic carbocycles. The minimum absolute atomic E-state index is 0.269. The molecular formula is C12H17NO2S. The zero-order valence-electron chi connectivity index (χ0n) is 9.56. The SMILES string of the molecule is CCSCC(C)Nc1ccccc1C(=O)O. The molecule has 4 heteroatoms. The number of thioether (sulfide) groups is 1. The van der Waals surface area contributed by atoms with Gasteiger partial charge >= 0.3 is 5.97 Å². The maximum atomic E-state index is 11.0. The molecule has 0 spiro atoms. The quantitative estimate of drug-likeness (QED) is 0.801. The Bertz CT molecular complexity index is 355. The molecule has 1 aromatic rings. The summed E-state index contributed by atoms with van der Waals surface area (Å²) in [7, 11) is 0. The lowest BCUT2D eigenvalue weighted by Crippen LogP contribution is -2.19. The largest absolute Gasteiger partial charge is 0.478 e. The van der Waals surface area contributed by atoms with Gasteiger partial charge in [-0.25, -0.2) is 4.79 Å². The Morgan fingerprint density at radius 2 is 2.19 bits per heavy atom. The van der Waals surface area contributed by atoms with Gasteiger partial charge in [0.25, 0.3) is 0 Å². The van der Waals surface area contributed by atoms with Gasteiger partial charge in [-0.15, -0.1) is 0 Å². The zero-order valence-corrected chi connectivity index (χ0v) is 10.4. The Morgan fingerprint density at radius 1 is 1.50 bits per heavy atom. The molecule has 1 unspecified atom stereocenters. The van der Waals surface area contributed by atoms with Gasteiger partial charge in [-0.05, 0) is 24.8 Å². The Kier molecular flexibility index (Phi) is 5.19. The Hall–Kier alpha value is -1.16. The van der Waals surface area contributed by atoms with E-state index in [1.165, 1.54) is 0 Å². The van der Waals surface area contributed by atoms with Crippen LogP contribution in [0.4, 0.5) is 5.69 Å². The summed E-state index contributed by atoms with van der Waals surface area (Å²) >= 11 is 1.84. The summed E-state index contributed by atoms with van der Waals surface area (Å²) in [5.41, 5.74) is 1.02. The first-order valence-electron chi connectivity index (χ1n) is 5.31. The van der Waals surface area contributed by atoms with E-state index in [9.17, 15) is 4.79 Å². The summed E-state index contributed by atoms with van der Waals surface area (Å²) in [4.78, 5) is 11.0. The van der Waals surface area contributed by atoms with Crippen molar-refractivity contribution < 1.29 is 9.90 Å². The number of hydrogen-bond donors (Lipinski definition) is 2. The van der Waals surface area contributed by atoms with Gasteiger partial charge in [-0.2, -0.15) is 11.8 Å². The first-order chi connectivity index (χ1) is 7.65. The lowest BCUT2D eigenvalue weighted by atomic mass is 10.1. The molecule has 0 radical (unpaired) electrons. The van der Waals surface area contributed by atoms with E-state index in [1.54, 1.807) is 18.2 Å². The summed E-state index contributed by atoms with van der Waals surface area (Å²) in [5.74, 6) is 1.16. The monoisotopic (exact) mass is 239 g/mol. The number of carboxylic acids is 1. The Morgan fingerprint density at radius 3 is 2.81 bits per heavy atom. The molecule has 0 aromatic heterocycles. The first-order valence-corrected chi connectivity index (χ1v) is 6.47. The lowest BCUT2D eigenvalue weighted by Gasteiger charge is -2.16. The lowest BCUT2D eigenvalue weighted by molar-refractivity contribution is 0.0698. The van der Waals surface area contributed by atoms with E-state index >= 15 is 0 Å². The molecular weight excluding hydrogens is 222 g/mol. The van der Waals surface area contributed by atoms with Crippen molar-refractivity contribution in [1.82, 2.24) is 0 Å². The minimum Gasteiger partial charge on any atom is -0.478 e. The van der Waals surface area contributed by atoms with Crippen LogP contribution in [0.3, 0.4) is 0 Å². The average Bonchev–Trinajstić information content (AvgIpc) is 2.27. The second kappa shape index (κ2) is 6.43. The van der Waals surface area contributed by atoms with Gasteiger partial charge in [-0.1, -0.05) is 19.1 Å². The number of carboxylic acid groups (broad SMARTS) is 1. The van der Waals surface area contributed by atoms with Gasteiger partial charge in [-0.3, -0.25) is 0 Å². The predicted molar refractivity (Wildman–Crippen MR) is 69.5 cm³/mol. The Balaban J connectivity index is 2.69.